The van der Waals surface area contributed by atoms with E-state index in [2.05, 4.69) is 22.2 Å². The highest BCUT2D eigenvalue weighted by atomic mass is 16.4. The number of furan rings is 1. The Bertz CT molecular complexity index is 742. The molecule has 2 heterocycles. The summed E-state index contributed by atoms with van der Waals surface area (Å²) in [6.07, 6.45) is 8.29. The highest BCUT2D eigenvalue weighted by molar-refractivity contribution is 6.01. The van der Waals surface area contributed by atoms with E-state index < -0.39 is 11.4 Å². The second kappa shape index (κ2) is 7.38. The molecule has 2 aromatic rings. The molecule has 3 rings (SSSR count). The number of nitrogens with one attached hydrogen (secondary N) is 2. The van der Waals surface area contributed by atoms with Gasteiger partial charge >= 0.3 is 0 Å². The van der Waals surface area contributed by atoms with Crippen molar-refractivity contribution in [2.45, 2.75) is 37.6 Å². The lowest BCUT2D eigenvalue weighted by Crippen LogP contribution is -2.59. The minimum Gasteiger partial charge on any atom is -0.461 e. The summed E-state index contributed by atoms with van der Waals surface area (Å²) in [7, 11) is 0. The molecular weight excluding hydrogens is 322 g/mol. The Labute approximate surface area is 145 Å². The largest absolute Gasteiger partial charge is 0.461 e. The summed E-state index contributed by atoms with van der Waals surface area (Å²) in [5.41, 5.74) is -0.825. The molecule has 0 spiro atoms. The first-order valence-corrected chi connectivity index (χ1v) is 8.35. The summed E-state index contributed by atoms with van der Waals surface area (Å²) in [6, 6.07) is 3.38. The van der Waals surface area contributed by atoms with E-state index in [0.29, 0.717) is 25.1 Å². The van der Waals surface area contributed by atoms with Crippen LogP contribution in [0, 0.1) is 0 Å². The van der Waals surface area contributed by atoms with Crippen LogP contribution in [0.5, 0.6) is 0 Å². The van der Waals surface area contributed by atoms with Crippen LogP contribution in [0.2, 0.25) is 0 Å². The molecule has 2 N–H and O–H groups in total. The Kier molecular flexibility index (Phi) is 5.02. The van der Waals surface area contributed by atoms with Crippen LogP contribution in [0.3, 0.4) is 0 Å². The SMILES string of the molecule is C=CCNC(=O)C1(NC(=O)c2ncoc2-c2ccco2)CCCCC1. The molecule has 1 saturated carbocycles. The molecular formula is C18H21N3O4. The molecule has 7 nitrogen and oxygen atoms in total. The van der Waals surface area contributed by atoms with Crippen molar-refractivity contribution in [1.82, 2.24) is 15.6 Å². The third-order valence-corrected chi connectivity index (χ3v) is 4.43. The first-order valence-electron chi connectivity index (χ1n) is 8.35. The van der Waals surface area contributed by atoms with Crippen LogP contribution in [0.15, 0.2) is 46.3 Å². The van der Waals surface area contributed by atoms with Gasteiger partial charge in [-0.05, 0) is 25.0 Å². The van der Waals surface area contributed by atoms with Gasteiger partial charge in [-0.1, -0.05) is 25.3 Å². The molecule has 0 unspecified atom stereocenters. The van der Waals surface area contributed by atoms with Crippen LogP contribution >= 0.6 is 0 Å². The predicted molar refractivity (Wildman–Crippen MR) is 90.7 cm³/mol. The van der Waals surface area contributed by atoms with Crippen LogP contribution in [-0.2, 0) is 4.79 Å². The highest BCUT2D eigenvalue weighted by Gasteiger charge is 2.41. The van der Waals surface area contributed by atoms with Crippen molar-refractivity contribution >= 4 is 11.8 Å². The molecule has 1 aliphatic rings. The van der Waals surface area contributed by atoms with Gasteiger partial charge in [-0.15, -0.1) is 6.58 Å². The van der Waals surface area contributed by atoms with E-state index in [1.165, 1.54) is 12.7 Å². The summed E-state index contributed by atoms with van der Waals surface area (Å²) in [5, 5.41) is 5.70. The van der Waals surface area contributed by atoms with Crippen LogP contribution in [0.25, 0.3) is 11.5 Å². The summed E-state index contributed by atoms with van der Waals surface area (Å²) in [6.45, 7) is 3.97. The fourth-order valence-corrected chi connectivity index (χ4v) is 3.17. The molecule has 0 saturated heterocycles. The lowest BCUT2D eigenvalue weighted by atomic mass is 9.80. The van der Waals surface area contributed by atoms with Crippen molar-refractivity contribution in [1.29, 1.82) is 0 Å². The first kappa shape index (κ1) is 17.0. The lowest BCUT2D eigenvalue weighted by molar-refractivity contribution is -0.128. The lowest BCUT2D eigenvalue weighted by Gasteiger charge is -2.36. The van der Waals surface area contributed by atoms with Crippen LogP contribution < -0.4 is 10.6 Å². The molecule has 1 aliphatic carbocycles. The summed E-state index contributed by atoms with van der Waals surface area (Å²) in [4.78, 5) is 29.5. The second-order valence-corrected chi connectivity index (χ2v) is 6.10. The number of amides is 2. The molecule has 0 atom stereocenters. The van der Waals surface area contributed by atoms with Crippen molar-refractivity contribution in [3.63, 3.8) is 0 Å². The number of hydrogen-bond acceptors (Lipinski definition) is 5. The maximum Gasteiger partial charge on any atom is 0.274 e. The smallest absolute Gasteiger partial charge is 0.274 e. The third-order valence-electron chi connectivity index (χ3n) is 4.43. The molecule has 132 valence electrons. The number of carbonyl (C=O) groups excluding carboxylic acids is 2. The summed E-state index contributed by atoms with van der Waals surface area (Å²) >= 11 is 0. The topological polar surface area (TPSA) is 97.4 Å². The fraction of sp³-hybridized carbons (Fsp3) is 0.389. The second-order valence-electron chi connectivity index (χ2n) is 6.10. The maximum atomic E-state index is 12.8. The normalized spacial score (nSPS) is 16.2. The van der Waals surface area contributed by atoms with Gasteiger partial charge in [0.2, 0.25) is 11.7 Å². The zero-order valence-corrected chi connectivity index (χ0v) is 13.9. The van der Waals surface area contributed by atoms with E-state index in [4.69, 9.17) is 8.83 Å². The molecule has 25 heavy (non-hydrogen) atoms. The maximum absolute atomic E-state index is 12.8. The van der Waals surface area contributed by atoms with Gasteiger partial charge in [0.25, 0.3) is 5.91 Å². The first-order chi connectivity index (χ1) is 12.2. The van der Waals surface area contributed by atoms with Gasteiger partial charge in [0.15, 0.2) is 17.8 Å². The number of oxazole rings is 1. The van der Waals surface area contributed by atoms with Gasteiger partial charge in [-0.3, -0.25) is 9.59 Å². The predicted octanol–water partition coefficient (Wildman–Crippen LogP) is 2.67. The highest BCUT2D eigenvalue weighted by Crippen LogP contribution is 2.30. The van der Waals surface area contributed by atoms with Crippen molar-refractivity contribution in [2.24, 2.45) is 0 Å². The Morgan fingerprint density at radius 2 is 2.08 bits per heavy atom. The van der Waals surface area contributed by atoms with Crippen molar-refractivity contribution < 1.29 is 18.4 Å². The Morgan fingerprint density at radius 3 is 2.76 bits per heavy atom. The van der Waals surface area contributed by atoms with E-state index >= 15 is 0 Å². The molecule has 0 aliphatic heterocycles. The summed E-state index contributed by atoms with van der Waals surface area (Å²) in [5.74, 6) is 0.0238. The quantitative estimate of drug-likeness (QED) is 0.786. The van der Waals surface area contributed by atoms with Crippen molar-refractivity contribution in [2.75, 3.05) is 6.54 Å². The van der Waals surface area contributed by atoms with Gasteiger partial charge in [-0.2, -0.15) is 0 Å². The van der Waals surface area contributed by atoms with E-state index in [0.717, 1.165) is 19.3 Å². The number of carbonyl (C=O) groups is 2. The minimum absolute atomic E-state index is 0.108. The van der Waals surface area contributed by atoms with Gasteiger partial charge in [0, 0.05) is 6.54 Å². The molecule has 0 radical (unpaired) electrons. The average Bonchev–Trinajstić information content (AvgIpc) is 3.31. The zero-order valence-electron chi connectivity index (χ0n) is 13.9. The van der Waals surface area contributed by atoms with Gasteiger partial charge < -0.3 is 19.5 Å². The van der Waals surface area contributed by atoms with E-state index in [9.17, 15) is 9.59 Å². The molecule has 0 aromatic carbocycles. The zero-order chi connectivity index (χ0) is 17.7. The monoisotopic (exact) mass is 343 g/mol. The van der Waals surface area contributed by atoms with Crippen molar-refractivity contribution in [3.05, 3.63) is 43.1 Å². The summed E-state index contributed by atoms with van der Waals surface area (Å²) < 4.78 is 10.6. The Hall–Kier alpha value is -2.83. The van der Waals surface area contributed by atoms with Crippen LogP contribution in [0.4, 0.5) is 0 Å². The average molecular weight is 343 g/mol. The van der Waals surface area contributed by atoms with E-state index in [-0.39, 0.29) is 17.4 Å². The molecule has 7 heteroatoms. The third kappa shape index (κ3) is 3.50. The van der Waals surface area contributed by atoms with Gasteiger partial charge in [0.05, 0.1) is 6.26 Å². The Balaban J connectivity index is 1.83. The Morgan fingerprint density at radius 1 is 1.28 bits per heavy atom. The van der Waals surface area contributed by atoms with E-state index in [1.807, 2.05) is 0 Å². The number of rotatable bonds is 6. The minimum atomic E-state index is -0.933. The molecule has 0 bridgehead atoms. The molecule has 1 fully saturated rings. The van der Waals surface area contributed by atoms with Crippen LogP contribution in [0.1, 0.15) is 42.6 Å². The molecule has 2 aromatic heterocycles. The standard InChI is InChI=1S/C18H21N3O4/c1-2-10-19-17(23)18(8-4-3-5-9-18)21-16(22)14-15(25-12-20-14)13-7-6-11-24-13/h2,6-7,11-12H,1,3-5,8-10H2,(H,19,23)(H,21,22). The van der Waals surface area contributed by atoms with Gasteiger partial charge in [0.1, 0.15) is 5.54 Å². The number of aromatic nitrogens is 1. The van der Waals surface area contributed by atoms with E-state index in [1.54, 1.807) is 18.2 Å². The van der Waals surface area contributed by atoms with Crippen molar-refractivity contribution in [3.8, 4) is 11.5 Å². The van der Waals surface area contributed by atoms with Gasteiger partial charge in [-0.25, -0.2) is 4.98 Å². The number of nitrogens with zero attached hydrogens (tertiary/aromatic N) is 1. The van der Waals surface area contributed by atoms with Crippen LogP contribution in [-0.4, -0.2) is 28.9 Å². The molecule has 2 amide bonds. The number of hydrogen-bond donors (Lipinski definition) is 2. The fourth-order valence-electron chi connectivity index (χ4n) is 3.17.